The molecule has 0 aromatic carbocycles. The lowest BCUT2D eigenvalue weighted by Gasteiger charge is -2.28. The molecule has 72 heavy (non-hydrogen) atoms. The Morgan fingerprint density at radius 3 is 0.903 bits per heavy atom. The van der Waals surface area contributed by atoms with E-state index in [9.17, 15) is 0 Å². The van der Waals surface area contributed by atoms with Gasteiger partial charge in [0.15, 0.2) is 0 Å². The quantitative estimate of drug-likeness (QED) is 0.139. The maximum Gasteiger partial charge on any atom is -0.00195 e. The number of rotatable bonds is 19. The van der Waals surface area contributed by atoms with Crippen molar-refractivity contribution in [2.24, 2.45) is 51.2 Å². The van der Waals surface area contributed by atoms with Crippen molar-refractivity contribution in [1.82, 2.24) is 10.2 Å². The van der Waals surface area contributed by atoms with Crippen molar-refractivity contribution >= 4 is 0 Å². The van der Waals surface area contributed by atoms with Crippen LogP contribution < -0.4 is 5.32 Å². The van der Waals surface area contributed by atoms with Crippen molar-refractivity contribution in [2.75, 3.05) is 34.2 Å². The van der Waals surface area contributed by atoms with E-state index in [0.29, 0.717) is 0 Å². The molecule has 8 saturated carbocycles. The van der Waals surface area contributed by atoms with Gasteiger partial charge in [0.05, 0.1) is 0 Å². The molecule has 8 rings (SSSR count). The first kappa shape index (κ1) is 71.9. The normalized spacial score (nSPS) is 22.5. The van der Waals surface area contributed by atoms with Gasteiger partial charge < -0.3 is 10.2 Å². The SMILES string of the molecule is C.CC(C)CC1CC1.CCC1(CCN(C)C)CCCC1.CCC1(CCNC)CCCC1.CCC1CCC1.CCC1CCCC1.CCC1CCCCC1.CCCC1(CC)CCCC1.CCCC1(CC)CCCC1. The monoisotopic (exact) mass is 1010 g/mol. The van der Waals surface area contributed by atoms with Gasteiger partial charge in [-0.05, 0) is 169 Å². The average molecular weight is 1010 g/mol. The van der Waals surface area contributed by atoms with E-state index >= 15 is 0 Å². The fraction of sp³-hybridized carbons (Fsp3) is 1.00. The molecule has 0 saturated heterocycles. The Bertz CT molecular complexity index is 1080. The van der Waals surface area contributed by atoms with Gasteiger partial charge in [0.2, 0.25) is 0 Å². The molecule has 0 radical (unpaired) electrons. The molecule has 8 aliphatic rings. The third kappa shape index (κ3) is 32.6. The third-order valence-electron chi connectivity index (χ3n) is 20.9. The number of nitrogens with zero attached hydrogens (tertiary/aromatic N) is 1. The van der Waals surface area contributed by atoms with Crippen LogP contribution in [0.25, 0.3) is 0 Å². The fourth-order valence-corrected chi connectivity index (χ4v) is 14.5. The summed E-state index contributed by atoms with van der Waals surface area (Å²) >= 11 is 0. The number of hydrogen-bond donors (Lipinski definition) is 1. The maximum absolute atomic E-state index is 3.25. The highest BCUT2D eigenvalue weighted by molar-refractivity contribution is 4.86. The highest BCUT2D eigenvalue weighted by atomic mass is 15.0. The standard InChI is InChI=1S/C11H23N.C10H21N.2C10H20.C8H16.2C7H14.C6H12.CH4/c1-4-11(7-5-6-8-11)9-10-12(2)3;1-3-10(8-9-11-2)6-4-5-7-10;2*1-3-7-10(4-2)8-5-6-9-10;1-2-8-6-4-3-5-7-8;1-6(2)5-7-3-4-7;1-2-7-5-3-4-6-7;1-2-6-4-3-5-6;/h4-10H2,1-3H3;11H,3-9H2,1-2H3;2*3-9H2,1-2H3;8H,2-7H2,1H3;6-7H,3-5H2,1-2H3;7H,2-6H2,1H3;6H,2-5H2,1H3;1H4. The Hall–Kier alpha value is -0.0800. The van der Waals surface area contributed by atoms with E-state index in [4.69, 9.17) is 0 Å². The molecule has 8 fully saturated rings. The first-order valence-electron chi connectivity index (χ1n) is 33.5. The van der Waals surface area contributed by atoms with E-state index in [2.05, 4.69) is 108 Å². The predicted molar refractivity (Wildman–Crippen MR) is 332 cm³/mol. The minimum Gasteiger partial charge on any atom is -0.320 e. The van der Waals surface area contributed by atoms with E-state index < -0.39 is 0 Å². The lowest BCUT2D eigenvalue weighted by molar-refractivity contribution is 0.223. The third-order valence-corrected chi connectivity index (χ3v) is 20.9. The molecule has 0 unspecified atom stereocenters. The summed E-state index contributed by atoms with van der Waals surface area (Å²) < 4.78 is 0. The summed E-state index contributed by atoms with van der Waals surface area (Å²) in [4.78, 5) is 2.32. The second-order valence-corrected chi connectivity index (χ2v) is 26.9. The lowest BCUT2D eigenvalue weighted by Crippen LogP contribution is -2.23. The summed E-state index contributed by atoms with van der Waals surface area (Å²) in [5, 5.41) is 3.25. The van der Waals surface area contributed by atoms with Gasteiger partial charge in [0.25, 0.3) is 0 Å². The van der Waals surface area contributed by atoms with Crippen molar-refractivity contribution in [3.05, 3.63) is 0 Å². The van der Waals surface area contributed by atoms with Crippen molar-refractivity contribution in [3.8, 4) is 0 Å². The van der Waals surface area contributed by atoms with Crippen LogP contribution in [-0.4, -0.2) is 39.1 Å². The Labute approximate surface area is 459 Å². The maximum atomic E-state index is 3.25. The zero-order chi connectivity index (χ0) is 52.7. The number of nitrogens with one attached hydrogen (secondary N) is 1. The van der Waals surface area contributed by atoms with Gasteiger partial charge in [-0.15, -0.1) is 0 Å². The summed E-state index contributed by atoms with van der Waals surface area (Å²) in [5.41, 5.74) is 3.02. The van der Waals surface area contributed by atoms with Crippen LogP contribution in [0.1, 0.15) is 366 Å². The molecule has 2 nitrogen and oxygen atoms in total. The van der Waals surface area contributed by atoms with Crippen LogP contribution in [0.4, 0.5) is 0 Å². The lowest BCUT2D eigenvalue weighted by atomic mass is 9.79. The van der Waals surface area contributed by atoms with Gasteiger partial charge in [-0.25, -0.2) is 0 Å². The molecule has 0 aromatic rings. The smallest absolute Gasteiger partial charge is 0.00195 e. The number of hydrogen-bond acceptors (Lipinski definition) is 2. The van der Waals surface area contributed by atoms with Crippen molar-refractivity contribution in [1.29, 1.82) is 0 Å². The highest BCUT2D eigenvalue weighted by Crippen LogP contribution is 2.46. The molecule has 8 aliphatic carbocycles. The molecule has 0 aromatic heterocycles. The van der Waals surface area contributed by atoms with Crippen LogP contribution in [-0.2, 0) is 0 Å². The van der Waals surface area contributed by atoms with E-state index in [1.807, 2.05) is 0 Å². The van der Waals surface area contributed by atoms with Crippen LogP contribution in [0.15, 0.2) is 0 Å². The minimum absolute atomic E-state index is 0. The van der Waals surface area contributed by atoms with E-state index in [1.165, 1.54) is 296 Å². The summed E-state index contributed by atoms with van der Waals surface area (Å²) in [6.07, 6.45) is 64.8. The molecular weight excluding hydrogens is 869 g/mol. The fourth-order valence-electron chi connectivity index (χ4n) is 14.5. The van der Waals surface area contributed by atoms with Gasteiger partial charge >= 0.3 is 0 Å². The minimum atomic E-state index is 0. The van der Waals surface area contributed by atoms with Gasteiger partial charge in [0, 0.05) is 0 Å². The highest BCUT2D eigenvalue weighted by Gasteiger charge is 2.33. The second kappa shape index (κ2) is 43.9. The molecule has 434 valence electrons. The molecule has 0 heterocycles. The zero-order valence-corrected chi connectivity index (χ0v) is 52.4. The largest absolute Gasteiger partial charge is 0.320 e. The molecule has 1 N–H and O–H groups in total. The Morgan fingerprint density at radius 1 is 0.389 bits per heavy atom. The van der Waals surface area contributed by atoms with Crippen LogP contribution in [0.5, 0.6) is 0 Å². The van der Waals surface area contributed by atoms with Crippen molar-refractivity contribution in [2.45, 2.75) is 366 Å². The van der Waals surface area contributed by atoms with E-state index in [-0.39, 0.29) is 7.43 Å². The Morgan fingerprint density at radius 2 is 0.694 bits per heavy atom. The topological polar surface area (TPSA) is 15.3 Å². The molecule has 0 spiro atoms. The summed E-state index contributed by atoms with van der Waals surface area (Å²) in [7, 11) is 6.41. The molecule has 0 aliphatic heterocycles. The van der Waals surface area contributed by atoms with Crippen LogP contribution in [0.3, 0.4) is 0 Å². The molecule has 0 bridgehead atoms. The molecule has 0 atom stereocenters. The average Bonchev–Trinajstić information content (AvgIpc) is 4.06. The van der Waals surface area contributed by atoms with Crippen LogP contribution in [0.2, 0.25) is 0 Å². The zero-order valence-electron chi connectivity index (χ0n) is 52.4. The van der Waals surface area contributed by atoms with Gasteiger partial charge in [0.1, 0.15) is 0 Å². The van der Waals surface area contributed by atoms with Crippen LogP contribution in [0, 0.1) is 51.2 Å². The second-order valence-electron chi connectivity index (χ2n) is 26.9. The van der Waals surface area contributed by atoms with Gasteiger partial charge in [-0.2, -0.15) is 0 Å². The predicted octanol–water partition coefficient (Wildman–Crippen LogP) is 23.8. The first-order valence-corrected chi connectivity index (χ1v) is 33.5. The molecular formula is C70H144N2. The van der Waals surface area contributed by atoms with E-state index in [1.54, 1.807) is 0 Å². The summed E-state index contributed by atoms with van der Waals surface area (Å²) in [5.74, 6) is 5.36. The Balaban J connectivity index is 0.000000805. The summed E-state index contributed by atoms with van der Waals surface area (Å²) in [6, 6.07) is 0. The Kier molecular flexibility index (Phi) is 43.8. The van der Waals surface area contributed by atoms with E-state index in [0.717, 1.165) is 51.2 Å². The van der Waals surface area contributed by atoms with Gasteiger partial charge in [-0.1, -0.05) is 283 Å². The van der Waals surface area contributed by atoms with Crippen molar-refractivity contribution < 1.29 is 0 Å². The molecule has 0 amide bonds. The van der Waals surface area contributed by atoms with Crippen LogP contribution >= 0.6 is 0 Å². The summed E-state index contributed by atoms with van der Waals surface area (Å²) in [6.45, 7) is 28.0. The van der Waals surface area contributed by atoms with Crippen molar-refractivity contribution in [3.63, 3.8) is 0 Å². The first-order chi connectivity index (χ1) is 34.3. The van der Waals surface area contributed by atoms with Gasteiger partial charge in [-0.3, -0.25) is 0 Å². The molecule has 2 heteroatoms.